The van der Waals surface area contributed by atoms with Gasteiger partial charge in [0.05, 0.1) is 18.9 Å². The SMILES string of the molecule is O=C1OC2(CC3CC2CC3C(=O)OCCC(F)(F)C(F)(F)S(=O)(=O)O)Oc2cc(I)c(I)cc21. The molecule has 1 heterocycles. The van der Waals surface area contributed by atoms with E-state index in [-0.39, 0.29) is 30.2 Å². The molecule has 4 atom stereocenters. The fourth-order valence-electron chi connectivity index (χ4n) is 4.69. The normalized spacial score (nSPS) is 28.4. The third-order valence-corrected chi connectivity index (χ3v) is 10.1. The van der Waals surface area contributed by atoms with Crippen molar-refractivity contribution < 1.29 is 54.3 Å². The zero-order chi connectivity index (χ0) is 25.3. The summed E-state index contributed by atoms with van der Waals surface area (Å²) in [6.45, 7) is -1.17. The van der Waals surface area contributed by atoms with E-state index in [2.05, 4.69) is 45.2 Å². The van der Waals surface area contributed by atoms with Gasteiger partial charge in [-0.1, -0.05) is 0 Å². The Balaban J connectivity index is 1.38. The van der Waals surface area contributed by atoms with Gasteiger partial charge in [0, 0.05) is 19.5 Å². The lowest BCUT2D eigenvalue weighted by Crippen LogP contribution is -2.50. The minimum absolute atomic E-state index is 0.169. The fourth-order valence-corrected chi connectivity index (χ4v) is 6.08. The largest absolute Gasteiger partial charge is 0.465 e. The van der Waals surface area contributed by atoms with E-state index in [4.69, 9.17) is 18.8 Å². The van der Waals surface area contributed by atoms with Crippen LogP contribution in [0.2, 0.25) is 0 Å². The molecule has 2 bridgehead atoms. The molecule has 2 fully saturated rings. The number of ether oxygens (including phenoxy) is 3. The van der Waals surface area contributed by atoms with Crippen molar-refractivity contribution in [3.8, 4) is 5.75 Å². The van der Waals surface area contributed by atoms with Crippen molar-refractivity contribution >= 4 is 67.2 Å². The first-order valence-electron chi connectivity index (χ1n) is 9.89. The van der Waals surface area contributed by atoms with E-state index < -0.39 is 58.0 Å². The number of halogens is 6. The van der Waals surface area contributed by atoms with Crippen molar-refractivity contribution in [2.45, 2.75) is 42.6 Å². The third-order valence-electron chi connectivity index (χ3n) is 6.37. The quantitative estimate of drug-likeness (QED) is 0.200. The zero-order valence-corrected chi connectivity index (χ0v) is 22.0. The van der Waals surface area contributed by atoms with Gasteiger partial charge in [0.25, 0.3) is 5.79 Å². The van der Waals surface area contributed by atoms with Crippen LogP contribution in [0.5, 0.6) is 5.75 Å². The molecule has 2 aliphatic carbocycles. The minimum atomic E-state index is -6.36. The van der Waals surface area contributed by atoms with Gasteiger partial charge in [0.1, 0.15) is 11.3 Å². The molecular formula is C19H16F4I2O8S. The van der Waals surface area contributed by atoms with E-state index in [0.717, 1.165) is 7.14 Å². The average molecular weight is 734 g/mol. The topological polar surface area (TPSA) is 116 Å². The monoisotopic (exact) mass is 734 g/mol. The van der Waals surface area contributed by atoms with Gasteiger partial charge in [0.2, 0.25) is 0 Å². The van der Waals surface area contributed by atoms with Crippen molar-refractivity contribution in [2.75, 3.05) is 6.61 Å². The maximum atomic E-state index is 13.6. The summed E-state index contributed by atoms with van der Waals surface area (Å²) in [5.41, 5.74) is 0.289. The summed E-state index contributed by atoms with van der Waals surface area (Å²) in [6, 6.07) is 3.38. The molecule has 0 amide bonds. The summed E-state index contributed by atoms with van der Waals surface area (Å²) in [5.74, 6) is -8.95. The molecule has 8 nitrogen and oxygen atoms in total. The highest BCUT2D eigenvalue weighted by molar-refractivity contribution is 14.1. The fraction of sp³-hybridized carbons (Fsp3) is 0.579. The van der Waals surface area contributed by atoms with Crippen molar-refractivity contribution in [1.29, 1.82) is 0 Å². The second-order valence-corrected chi connectivity index (χ2v) is 12.2. The first kappa shape index (κ1) is 26.1. The van der Waals surface area contributed by atoms with Crippen LogP contribution in [0.4, 0.5) is 17.6 Å². The van der Waals surface area contributed by atoms with Crippen molar-refractivity contribution in [3.05, 3.63) is 24.8 Å². The van der Waals surface area contributed by atoms with Crippen molar-refractivity contribution in [3.63, 3.8) is 0 Å². The highest BCUT2D eigenvalue weighted by atomic mass is 127. The second kappa shape index (κ2) is 8.57. The Kier molecular flexibility index (Phi) is 6.58. The van der Waals surface area contributed by atoms with Crippen LogP contribution in [0, 0.1) is 24.9 Å². The van der Waals surface area contributed by atoms with Crippen LogP contribution in [0.3, 0.4) is 0 Å². The van der Waals surface area contributed by atoms with Crippen LogP contribution < -0.4 is 4.74 Å². The van der Waals surface area contributed by atoms with Gasteiger partial charge >= 0.3 is 33.2 Å². The second-order valence-electron chi connectivity index (χ2n) is 8.42. The molecule has 1 aliphatic heterocycles. The maximum absolute atomic E-state index is 13.6. The first-order valence-corrected chi connectivity index (χ1v) is 13.5. The van der Waals surface area contributed by atoms with E-state index in [1.807, 2.05) is 0 Å². The highest BCUT2D eigenvalue weighted by Crippen LogP contribution is 2.58. The number of esters is 2. The molecule has 4 rings (SSSR count). The molecule has 4 unspecified atom stereocenters. The lowest BCUT2D eigenvalue weighted by atomic mass is 9.84. The molecular weight excluding hydrogens is 718 g/mol. The maximum Gasteiger partial charge on any atom is 0.431 e. The van der Waals surface area contributed by atoms with Gasteiger partial charge in [-0.3, -0.25) is 9.35 Å². The molecule has 1 N–H and O–H groups in total. The van der Waals surface area contributed by atoms with Crippen molar-refractivity contribution in [2.24, 2.45) is 17.8 Å². The Morgan fingerprint density at radius 1 is 1.18 bits per heavy atom. The molecule has 3 aliphatic rings. The van der Waals surface area contributed by atoms with E-state index in [1.165, 1.54) is 0 Å². The molecule has 15 heteroatoms. The van der Waals surface area contributed by atoms with Gasteiger partial charge in [-0.25, -0.2) is 4.79 Å². The standard InChI is InChI=1S/C19H16F4I2O8S/c20-18(21,19(22,23)34(28,29)30)1-2-31-15(26)10-4-9-3-8(10)7-17(9)32-14-6-13(25)12(24)5-11(14)16(27)33-17/h5-6,8-10H,1-4,7H2,(H,28,29,30). The third kappa shape index (κ3) is 4.27. The molecule has 1 aromatic carbocycles. The van der Waals surface area contributed by atoms with Crippen LogP contribution >= 0.6 is 45.2 Å². The molecule has 1 spiro atoms. The summed E-state index contributed by atoms with van der Waals surface area (Å²) in [5, 5.41) is -5.72. The van der Waals surface area contributed by atoms with Gasteiger partial charge in [-0.15, -0.1) is 0 Å². The number of carbonyl (C=O) groups excluding carboxylic acids is 2. The number of fused-ring (bicyclic) bond motifs is 4. The van der Waals surface area contributed by atoms with Crippen LogP contribution in [-0.2, 0) is 24.4 Å². The smallest absolute Gasteiger partial charge is 0.431 e. The highest BCUT2D eigenvalue weighted by Gasteiger charge is 2.66. The average Bonchev–Trinajstić information content (AvgIpc) is 3.26. The Bertz CT molecular complexity index is 1160. The van der Waals surface area contributed by atoms with Gasteiger partial charge in [0.15, 0.2) is 0 Å². The predicted octanol–water partition coefficient (Wildman–Crippen LogP) is 4.24. The Hall–Kier alpha value is -0.950. The molecule has 2 saturated carbocycles. The predicted molar refractivity (Wildman–Crippen MR) is 122 cm³/mol. The van der Waals surface area contributed by atoms with Crippen LogP contribution in [-0.4, -0.2) is 48.5 Å². The van der Waals surface area contributed by atoms with Crippen LogP contribution in [0.1, 0.15) is 36.0 Å². The number of hydrogen-bond acceptors (Lipinski definition) is 7. The van der Waals surface area contributed by atoms with E-state index in [1.54, 1.807) is 12.1 Å². The summed E-state index contributed by atoms with van der Waals surface area (Å²) < 4.78 is 101. The number of carbonyl (C=O) groups is 2. The Labute approximate surface area is 218 Å². The van der Waals surface area contributed by atoms with Gasteiger partial charge in [-0.05, 0) is 76.1 Å². The summed E-state index contributed by atoms with van der Waals surface area (Å²) >= 11 is 4.18. The van der Waals surface area contributed by atoms with E-state index in [9.17, 15) is 35.6 Å². The number of hydrogen-bond donors (Lipinski definition) is 1. The number of benzene rings is 1. The minimum Gasteiger partial charge on any atom is -0.465 e. The van der Waals surface area contributed by atoms with Crippen LogP contribution in [0.25, 0.3) is 0 Å². The van der Waals surface area contributed by atoms with Crippen molar-refractivity contribution in [1.82, 2.24) is 0 Å². The van der Waals surface area contributed by atoms with Crippen LogP contribution in [0.15, 0.2) is 12.1 Å². The number of rotatable bonds is 6. The Morgan fingerprint density at radius 3 is 2.41 bits per heavy atom. The molecule has 0 radical (unpaired) electrons. The zero-order valence-electron chi connectivity index (χ0n) is 16.9. The summed E-state index contributed by atoms with van der Waals surface area (Å²) in [4.78, 5) is 25.0. The molecule has 1 aromatic rings. The summed E-state index contributed by atoms with van der Waals surface area (Å²) in [6.07, 6.45) is -1.01. The summed E-state index contributed by atoms with van der Waals surface area (Å²) in [7, 11) is -6.36. The number of alkyl halides is 4. The molecule has 188 valence electrons. The lowest BCUT2D eigenvalue weighted by Gasteiger charge is -2.41. The lowest BCUT2D eigenvalue weighted by molar-refractivity contribution is -0.194. The van der Waals surface area contributed by atoms with Gasteiger partial charge < -0.3 is 14.2 Å². The molecule has 0 aromatic heterocycles. The molecule has 34 heavy (non-hydrogen) atoms. The van der Waals surface area contributed by atoms with Gasteiger partial charge in [-0.2, -0.15) is 26.0 Å². The van der Waals surface area contributed by atoms with E-state index in [0.29, 0.717) is 12.2 Å². The Morgan fingerprint density at radius 2 is 1.82 bits per heavy atom. The van der Waals surface area contributed by atoms with E-state index >= 15 is 0 Å². The first-order chi connectivity index (χ1) is 15.6. The molecule has 0 saturated heterocycles.